The Morgan fingerprint density at radius 2 is 2.10 bits per heavy atom. The van der Waals surface area contributed by atoms with Crippen LogP contribution in [0.3, 0.4) is 0 Å². The van der Waals surface area contributed by atoms with Crippen molar-refractivity contribution in [3.8, 4) is 6.01 Å². The Kier molecular flexibility index (Phi) is 4.98. The lowest BCUT2D eigenvalue weighted by Crippen LogP contribution is -2.41. The zero-order chi connectivity index (χ0) is 14.5. The molecule has 2 rings (SSSR count). The molecule has 1 aromatic heterocycles. The van der Waals surface area contributed by atoms with Crippen LogP contribution in [-0.4, -0.2) is 41.2 Å². The normalized spacial score (nSPS) is 22.7. The van der Waals surface area contributed by atoms with E-state index >= 15 is 0 Å². The van der Waals surface area contributed by atoms with Gasteiger partial charge in [-0.3, -0.25) is 0 Å². The van der Waals surface area contributed by atoms with Gasteiger partial charge >= 0.3 is 6.01 Å². The topological polar surface area (TPSA) is 63.2 Å². The Labute approximate surface area is 121 Å². The van der Waals surface area contributed by atoms with Gasteiger partial charge in [0.15, 0.2) is 0 Å². The molecule has 1 aliphatic rings. The maximum atomic E-state index is 5.56. The van der Waals surface area contributed by atoms with Crippen molar-refractivity contribution in [3.63, 3.8) is 0 Å². The summed E-state index contributed by atoms with van der Waals surface area (Å²) in [4.78, 5) is 15.4. The van der Waals surface area contributed by atoms with E-state index < -0.39 is 0 Å². The molecule has 0 aliphatic carbocycles. The lowest BCUT2D eigenvalue weighted by atomic mass is 9.94. The van der Waals surface area contributed by atoms with E-state index in [0.717, 1.165) is 24.8 Å². The third-order valence-corrected chi connectivity index (χ3v) is 3.66. The molecule has 1 aromatic rings. The van der Waals surface area contributed by atoms with Crippen molar-refractivity contribution in [2.45, 2.75) is 46.1 Å². The second-order valence-electron chi connectivity index (χ2n) is 5.51. The fourth-order valence-corrected chi connectivity index (χ4v) is 2.55. The molecule has 0 spiro atoms. The fraction of sp³-hybridized carbons (Fsp3) is 0.786. The standard InChI is InChI=1S/C14H25N5O/c1-5-8-20-14-17-12(15-4)16-13(18-14)19-7-6-10(2)9-11(19)3/h10-11H,5-9H2,1-4H3,(H,15,16,17,18). The van der Waals surface area contributed by atoms with E-state index in [4.69, 9.17) is 4.74 Å². The van der Waals surface area contributed by atoms with Gasteiger partial charge in [-0.1, -0.05) is 13.8 Å². The summed E-state index contributed by atoms with van der Waals surface area (Å²) >= 11 is 0. The van der Waals surface area contributed by atoms with Gasteiger partial charge in [0.25, 0.3) is 0 Å². The highest BCUT2D eigenvalue weighted by Crippen LogP contribution is 2.26. The van der Waals surface area contributed by atoms with Crippen molar-refractivity contribution in [3.05, 3.63) is 0 Å². The molecule has 1 saturated heterocycles. The quantitative estimate of drug-likeness (QED) is 0.892. The molecule has 2 atom stereocenters. The molecule has 0 radical (unpaired) electrons. The van der Waals surface area contributed by atoms with Crippen LogP contribution in [0.2, 0.25) is 0 Å². The monoisotopic (exact) mass is 279 g/mol. The largest absolute Gasteiger partial charge is 0.463 e. The SMILES string of the molecule is CCCOc1nc(NC)nc(N2CCC(C)CC2C)n1. The van der Waals surface area contributed by atoms with Gasteiger partial charge in [-0.05, 0) is 32.1 Å². The highest BCUT2D eigenvalue weighted by atomic mass is 16.5. The number of aromatic nitrogens is 3. The molecule has 2 heterocycles. The number of piperidine rings is 1. The van der Waals surface area contributed by atoms with E-state index in [1.54, 1.807) is 0 Å². The summed E-state index contributed by atoms with van der Waals surface area (Å²) in [6, 6.07) is 0.858. The van der Waals surface area contributed by atoms with Gasteiger partial charge in [-0.15, -0.1) is 0 Å². The smallest absolute Gasteiger partial charge is 0.323 e. The van der Waals surface area contributed by atoms with Crippen LogP contribution in [0, 0.1) is 5.92 Å². The zero-order valence-corrected chi connectivity index (χ0v) is 12.9. The summed E-state index contributed by atoms with van der Waals surface area (Å²) in [7, 11) is 1.81. The van der Waals surface area contributed by atoms with Crippen LogP contribution in [0.1, 0.15) is 40.0 Å². The number of hydrogen-bond acceptors (Lipinski definition) is 6. The molecule has 0 amide bonds. The Hall–Kier alpha value is -1.59. The minimum Gasteiger partial charge on any atom is -0.463 e. The van der Waals surface area contributed by atoms with Crippen LogP contribution in [0.15, 0.2) is 0 Å². The van der Waals surface area contributed by atoms with E-state index in [1.165, 1.54) is 12.8 Å². The molecular formula is C14H25N5O. The number of anilines is 2. The first-order chi connectivity index (χ1) is 9.63. The molecule has 20 heavy (non-hydrogen) atoms. The average molecular weight is 279 g/mol. The molecule has 0 bridgehead atoms. The first kappa shape index (κ1) is 14.8. The second-order valence-corrected chi connectivity index (χ2v) is 5.51. The molecule has 1 fully saturated rings. The Balaban J connectivity index is 2.21. The summed E-state index contributed by atoms with van der Waals surface area (Å²) in [6.45, 7) is 8.21. The van der Waals surface area contributed by atoms with Crippen LogP contribution in [0.5, 0.6) is 6.01 Å². The minimum atomic E-state index is 0.409. The number of nitrogens with zero attached hydrogens (tertiary/aromatic N) is 4. The van der Waals surface area contributed by atoms with Crippen LogP contribution < -0.4 is 15.0 Å². The Morgan fingerprint density at radius 3 is 2.75 bits per heavy atom. The third kappa shape index (κ3) is 3.49. The highest BCUT2D eigenvalue weighted by molar-refractivity contribution is 5.39. The van der Waals surface area contributed by atoms with Gasteiger partial charge in [0.1, 0.15) is 0 Å². The minimum absolute atomic E-state index is 0.409. The van der Waals surface area contributed by atoms with Crippen LogP contribution >= 0.6 is 0 Å². The molecule has 6 heteroatoms. The third-order valence-electron chi connectivity index (χ3n) is 3.66. The molecular weight excluding hydrogens is 254 g/mol. The van der Waals surface area contributed by atoms with Crippen molar-refractivity contribution in [2.24, 2.45) is 5.92 Å². The molecule has 2 unspecified atom stereocenters. The summed E-state index contributed by atoms with van der Waals surface area (Å²) in [5.41, 5.74) is 0. The maximum Gasteiger partial charge on any atom is 0.323 e. The lowest BCUT2D eigenvalue weighted by molar-refractivity contribution is 0.290. The fourth-order valence-electron chi connectivity index (χ4n) is 2.55. The first-order valence-electron chi connectivity index (χ1n) is 7.47. The van der Waals surface area contributed by atoms with Gasteiger partial charge in [-0.25, -0.2) is 0 Å². The summed E-state index contributed by atoms with van der Waals surface area (Å²) in [5, 5.41) is 2.98. The molecule has 1 aliphatic heterocycles. The Morgan fingerprint density at radius 1 is 1.30 bits per heavy atom. The average Bonchev–Trinajstić information content (AvgIpc) is 2.44. The summed E-state index contributed by atoms with van der Waals surface area (Å²) in [6.07, 6.45) is 3.29. The number of nitrogens with one attached hydrogen (secondary N) is 1. The van der Waals surface area contributed by atoms with Crippen molar-refractivity contribution < 1.29 is 4.74 Å². The zero-order valence-electron chi connectivity index (χ0n) is 12.9. The molecule has 112 valence electrons. The van der Waals surface area contributed by atoms with E-state index in [0.29, 0.717) is 24.6 Å². The van der Waals surface area contributed by atoms with Crippen LogP contribution in [0.25, 0.3) is 0 Å². The van der Waals surface area contributed by atoms with E-state index in [-0.39, 0.29) is 0 Å². The van der Waals surface area contributed by atoms with E-state index in [1.807, 2.05) is 7.05 Å². The van der Waals surface area contributed by atoms with Crippen molar-refractivity contribution in [1.29, 1.82) is 0 Å². The summed E-state index contributed by atoms with van der Waals surface area (Å²) < 4.78 is 5.56. The van der Waals surface area contributed by atoms with Gasteiger partial charge in [-0.2, -0.15) is 15.0 Å². The highest BCUT2D eigenvalue weighted by Gasteiger charge is 2.25. The number of ether oxygens (including phenoxy) is 1. The van der Waals surface area contributed by atoms with Gasteiger partial charge < -0.3 is 15.0 Å². The summed E-state index contributed by atoms with van der Waals surface area (Å²) in [5.74, 6) is 2.05. The van der Waals surface area contributed by atoms with Crippen LogP contribution in [-0.2, 0) is 0 Å². The van der Waals surface area contributed by atoms with Gasteiger partial charge in [0, 0.05) is 19.6 Å². The van der Waals surface area contributed by atoms with Crippen molar-refractivity contribution >= 4 is 11.9 Å². The van der Waals surface area contributed by atoms with Crippen LogP contribution in [0.4, 0.5) is 11.9 Å². The Bertz CT molecular complexity index is 440. The lowest BCUT2D eigenvalue weighted by Gasteiger charge is -2.36. The first-order valence-corrected chi connectivity index (χ1v) is 7.47. The van der Waals surface area contributed by atoms with Crippen molar-refractivity contribution in [2.75, 3.05) is 30.4 Å². The molecule has 6 nitrogen and oxygen atoms in total. The number of rotatable bonds is 5. The van der Waals surface area contributed by atoms with Gasteiger partial charge in [0.05, 0.1) is 6.61 Å². The molecule has 0 aromatic carbocycles. The van der Waals surface area contributed by atoms with E-state index in [9.17, 15) is 0 Å². The van der Waals surface area contributed by atoms with Crippen molar-refractivity contribution in [1.82, 2.24) is 15.0 Å². The predicted octanol–water partition coefficient (Wildman–Crippen LogP) is 2.33. The number of hydrogen-bond donors (Lipinski definition) is 1. The second kappa shape index (κ2) is 6.72. The van der Waals surface area contributed by atoms with Gasteiger partial charge in [0.2, 0.25) is 11.9 Å². The van der Waals surface area contributed by atoms with E-state index in [2.05, 4.69) is 45.9 Å². The molecule has 1 N–H and O–H groups in total. The molecule has 0 saturated carbocycles. The maximum absolute atomic E-state index is 5.56. The predicted molar refractivity (Wildman–Crippen MR) is 80.4 cm³/mol.